The van der Waals surface area contributed by atoms with E-state index < -0.39 is 0 Å². The lowest BCUT2D eigenvalue weighted by atomic mass is 9.77. The van der Waals surface area contributed by atoms with Crippen LogP contribution in [0.5, 0.6) is 0 Å². The van der Waals surface area contributed by atoms with Crippen molar-refractivity contribution in [3.05, 3.63) is 174 Å². The van der Waals surface area contributed by atoms with Gasteiger partial charge in [0.1, 0.15) is 0 Å². The van der Waals surface area contributed by atoms with Gasteiger partial charge in [0.05, 0.1) is 5.69 Å². The molecule has 252 valence electrons. The molecule has 52 heavy (non-hydrogen) atoms. The summed E-state index contributed by atoms with van der Waals surface area (Å²) in [6.07, 6.45) is 0. The highest BCUT2D eigenvalue weighted by molar-refractivity contribution is 6.12. The Kier molecular flexibility index (Phi) is 7.45. The lowest BCUT2D eigenvalue weighted by Crippen LogP contribution is -2.14. The van der Waals surface area contributed by atoms with Crippen molar-refractivity contribution in [2.75, 3.05) is 4.90 Å². The molecule has 0 aliphatic heterocycles. The van der Waals surface area contributed by atoms with Gasteiger partial charge in [-0.2, -0.15) is 0 Å². The van der Waals surface area contributed by atoms with Crippen molar-refractivity contribution >= 4 is 38.6 Å². The van der Waals surface area contributed by atoms with Crippen LogP contribution in [0.25, 0.3) is 66.1 Å². The van der Waals surface area contributed by atoms with Gasteiger partial charge in [-0.3, -0.25) is 0 Å². The second-order valence-corrected chi connectivity index (χ2v) is 15.7. The Morgan fingerprint density at radius 2 is 0.904 bits per heavy atom. The van der Waals surface area contributed by atoms with Crippen LogP contribution in [0.3, 0.4) is 0 Å². The van der Waals surface area contributed by atoms with E-state index in [1.807, 2.05) is 0 Å². The Morgan fingerprint density at radius 3 is 1.52 bits per heavy atom. The van der Waals surface area contributed by atoms with Crippen molar-refractivity contribution in [1.82, 2.24) is 0 Å². The number of fused-ring (bicyclic) bond motifs is 6. The van der Waals surface area contributed by atoms with Gasteiger partial charge in [0.25, 0.3) is 0 Å². The average molecular weight is 670 g/mol. The molecular weight excluding hydrogens is 627 g/mol. The molecule has 1 aliphatic rings. The van der Waals surface area contributed by atoms with Gasteiger partial charge in [-0.1, -0.05) is 118 Å². The summed E-state index contributed by atoms with van der Waals surface area (Å²) in [7, 11) is 0. The number of anilines is 3. The van der Waals surface area contributed by atoms with E-state index in [2.05, 4.69) is 198 Å². The zero-order chi connectivity index (χ0) is 35.7. The standard InChI is InChI=1S/C51H43N/c1-32-11-10-12-33(2)50(32)52(49-24-20-37(25-34(49)3)35-13-8-7-9-14-35)44-23-19-40-29-46-47-30-41-26-38(36-17-21-43(22-18-36)51(4,5)6)15-16-39(41)28-45(47)48(46)31-42(40)27-44/h7-31H,1-6H3. The summed E-state index contributed by atoms with van der Waals surface area (Å²) in [5.74, 6) is 0. The van der Waals surface area contributed by atoms with Crippen LogP contribution < -0.4 is 4.90 Å². The van der Waals surface area contributed by atoms with Gasteiger partial charge in [-0.25, -0.2) is 0 Å². The van der Waals surface area contributed by atoms with E-state index in [0.717, 1.165) is 0 Å². The molecule has 8 aromatic rings. The fraction of sp³-hybridized carbons (Fsp3) is 0.137. The first-order valence-corrected chi connectivity index (χ1v) is 18.4. The van der Waals surface area contributed by atoms with Gasteiger partial charge >= 0.3 is 0 Å². The summed E-state index contributed by atoms with van der Waals surface area (Å²) in [6, 6.07) is 56.6. The van der Waals surface area contributed by atoms with Crippen LogP contribution in [0, 0.1) is 20.8 Å². The van der Waals surface area contributed by atoms with Crippen LogP contribution in [0.2, 0.25) is 0 Å². The number of nitrogens with zero attached hydrogens (tertiary/aromatic N) is 1. The SMILES string of the molecule is Cc1cc(-c2ccccc2)ccc1N(c1ccc2cc3c(cc2c1)-c1cc2ccc(-c4ccc(C(C)(C)C)cc4)cc2cc1-3)c1c(C)cccc1C. The maximum absolute atomic E-state index is 2.46. The van der Waals surface area contributed by atoms with Gasteiger partial charge in [0.15, 0.2) is 0 Å². The molecule has 8 aromatic carbocycles. The molecule has 0 aromatic heterocycles. The van der Waals surface area contributed by atoms with E-state index in [4.69, 9.17) is 0 Å². The predicted molar refractivity (Wildman–Crippen MR) is 224 cm³/mol. The van der Waals surface area contributed by atoms with Crippen molar-refractivity contribution in [1.29, 1.82) is 0 Å². The second kappa shape index (κ2) is 12.1. The van der Waals surface area contributed by atoms with Crippen molar-refractivity contribution in [2.45, 2.75) is 47.0 Å². The summed E-state index contributed by atoms with van der Waals surface area (Å²) in [4.78, 5) is 2.46. The fourth-order valence-corrected chi connectivity index (χ4v) is 8.16. The molecule has 0 fully saturated rings. The van der Waals surface area contributed by atoms with Gasteiger partial charge in [-0.05, 0) is 169 Å². The minimum Gasteiger partial charge on any atom is -0.310 e. The maximum Gasteiger partial charge on any atom is 0.0520 e. The van der Waals surface area contributed by atoms with E-state index in [9.17, 15) is 0 Å². The van der Waals surface area contributed by atoms with Gasteiger partial charge in [0, 0.05) is 11.4 Å². The molecule has 0 amide bonds. The quantitative estimate of drug-likeness (QED) is 0.176. The first kappa shape index (κ1) is 32.0. The molecule has 0 heterocycles. The minimum absolute atomic E-state index is 0.150. The molecule has 1 nitrogen and oxygen atoms in total. The van der Waals surface area contributed by atoms with Crippen molar-refractivity contribution < 1.29 is 0 Å². The molecule has 0 saturated heterocycles. The Labute approximate surface area is 307 Å². The molecule has 0 N–H and O–H groups in total. The zero-order valence-corrected chi connectivity index (χ0v) is 30.9. The zero-order valence-electron chi connectivity index (χ0n) is 30.9. The molecule has 1 aliphatic carbocycles. The number of hydrogen-bond acceptors (Lipinski definition) is 1. The van der Waals surface area contributed by atoms with E-state index >= 15 is 0 Å². The van der Waals surface area contributed by atoms with Crippen LogP contribution in [-0.4, -0.2) is 0 Å². The summed E-state index contributed by atoms with van der Waals surface area (Å²) in [6.45, 7) is 13.5. The molecule has 0 bridgehead atoms. The summed E-state index contributed by atoms with van der Waals surface area (Å²) >= 11 is 0. The van der Waals surface area contributed by atoms with Gasteiger partial charge in [-0.15, -0.1) is 0 Å². The number of benzene rings is 8. The first-order chi connectivity index (χ1) is 25.1. The topological polar surface area (TPSA) is 3.24 Å². The fourth-order valence-electron chi connectivity index (χ4n) is 8.16. The average Bonchev–Trinajstić information content (AvgIpc) is 3.15. The normalized spacial score (nSPS) is 12.0. The van der Waals surface area contributed by atoms with Gasteiger partial charge in [0.2, 0.25) is 0 Å². The minimum atomic E-state index is 0.150. The lowest BCUT2D eigenvalue weighted by molar-refractivity contribution is 0.590. The van der Waals surface area contributed by atoms with E-state index in [1.165, 1.54) is 105 Å². The molecule has 0 saturated carbocycles. The Hall–Kier alpha value is -5.92. The third-order valence-electron chi connectivity index (χ3n) is 11.1. The maximum atomic E-state index is 2.46. The Bertz CT molecular complexity index is 2650. The molecule has 0 atom stereocenters. The molecular formula is C51H43N. The molecule has 9 rings (SSSR count). The highest BCUT2D eigenvalue weighted by Gasteiger charge is 2.25. The number of para-hydroxylation sites is 1. The largest absolute Gasteiger partial charge is 0.310 e. The summed E-state index contributed by atoms with van der Waals surface area (Å²) < 4.78 is 0. The number of rotatable bonds is 5. The van der Waals surface area contributed by atoms with E-state index in [0.29, 0.717) is 0 Å². The third kappa shape index (κ3) is 5.40. The van der Waals surface area contributed by atoms with Gasteiger partial charge < -0.3 is 4.90 Å². The Balaban J connectivity index is 1.10. The lowest BCUT2D eigenvalue weighted by Gasteiger charge is -2.31. The first-order valence-electron chi connectivity index (χ1n) is 18.4. The number of aryl methyl sites for hydroxylation is 3. The van der Waals surface area contributed by atoms with Crippen LogP contribution in [0.1, 0.15) is 43.0 Å². The van der Waals surface area contributed by atoms with Crippen LogP contribution in [0.4, 0.5) is 17.1 Å². The Morgan fingerprint density at radius 1 is 0.385 bits per heavy atom. The van der Waals surface area contributed by atoms with Crippen LogP contribution in [-0.2, 0) is 5.41 Å². The van der Waals surface area contributed by atoms with Crippen LogP contribution in [0.15, 0.2) is 152 Å². The van der Waals surface area contributed by atoms with Crippen molar-refractivity contribution in [2.24, 2.45) is 0 Å². The summed E-state index contributed by atoms with van der Waals surface area (Å²) in [5, 5.41) is 5.09. The van der Waals surface area contributed by atoms with Crippen molar-refractivity contribution in [3.63, 3.8) is 0 Å². The second-order valence-electron chi connectivity index (χ2n) is 15.7. The summed E-state index contributed by atoms with van der Waals surface area (Å²) in [5.41, 5.74) is 19.2. The predicted octanol–water partition coefficient (Wildman–Crippen LogP) is 14.7. The smallest absolute Gasteiger partial charge is 0.0520 e. The molecule has 0 spiro atoms. The molecule has 0 unspecified atom stereocenters. The monoisotopic (exact) mass is 669 g/mol. The van der Waals surface area contributed by atoms with E-state index in [1.54, 1.807) is 0 Å². The number of hydrogen-bond donors (Lipinski definition) is 0. The molecule has 1 heteroatoms. The van der Waals surface area contributed by atoms with Crippen molar-refractivity contribution in [3.8, 4) is 44.5 Å². The third-order valence-corrected chi connectivity index (χ3v) is 11.1. The van der Waals surface area contributed by atoms with E-state index in [-0.39, 0.29) is 5.41 Å². The molecule has 0 radical (unpaired) electrons. The van der Waals surface area contributed by atoms with Crippen LogP contribution >= 0.6 is 0 Å². The highest BCUT2D eigenvalue weighted by Crippen LogP contribution is 2.51. The highest BCUT2D eigenvalue weighted by atomic mass is 15.1.